The molecule has 0 bridgehead atoms. The molecule has 0 atom stereocenters. The quantitative estimate of drug-likeness (QED) is 0.404. The van der Waals surface area contributed by atoms with Crippen molar-refractivity contribution in [1.29, 1.82) is 0 Å². The number of hydrogen-bond acceptors (Lipinski definition) is 4. The predicted molar refractivity (Wildman–Crippen MR) is 120 cm³/mol. The summed E-state index contributed by atoms with van der Waals surface area (Å²) < 4.78 is 11.6. The Labute approximate surface area is 181 Å². The Morgan fingerprint density at radius 1 is 0.871 bits per heavy atom. The molecular formula is C26H21N2O3. The number of aromatic nitrogens is 1. The third kappa shape index (κ3) is 5.08. The Morgan fingerprint density at radius 2 is 1.61 bits per heavy atom. The van der Waals surface area contributed by atoms with Gasteiger partial charge in [-0.1, -0.05) is 24.3 Å². The molecule has 0 aliphatic heterocycles. The lowest BCUT2D eigenvalue weighted by molar-refractivity contribution is 0.102. The van der Waals surface area contributed by atoms with Crippen molar-refractivity contribution in [3.63, 3.8) is 0 Å². The molecule has 4 rings (SSSR count). The van der Waals surface area contributed by atoms with Gasteiger partial charge in [-0.3, -0.25) is 4.79 Å². The number of benzene rings is 3. The number of pyridine rings is 1. The van der Waals surface area contributed by atoms with Gasteiger partial charge >= 0.3 is 0 Å². The Balaban J connectivity index is 1.37. The minimum Gasteiger partial charge on any atom is -0.457 e. The summed E-state index contributed by atoms with van der Waals surface area (Å²) in [6.07, 6.45) is 1.57. The number of hydrogen-bond donors (Lipinski definition) is 1. The van der Waals surface area contributed by atoms with Crippen molar-refractivity contribution in [3.05, 3.63) is 108 Å². The number of carbonyl (C=O) groups excluding carboxylic acids is 1. The van der Waals surface area contributed by atoms with Crippen molar-refractivity contribution in [2.45, 2.75) is 13.8 Å². The maximum atomic E-state index is 12.5. The summed E-state index contributed by atoms with van der Waals surface area (Å²) in [5.41, 5.74) is 3.14. The summed E-state index contributed by atoms with van der Waals surface area (Å²) in [5, 5.41) is 2.84. The van der Waals surface area contributed by atoms with Gasteiger partial charge in [-0.15, -0.1) is 0 Å². The van der Waals surface area contributed by atoms with E-state index in [9.17, 15) is 4.79 Å². The number of ether oxygens (including phenoxy) is 2. The van der Waals surface area contributed by atoms with Gasteiger partial charge in [0.15, 0.2) is 0 Å². The van der Waals surface area contributed by atoms with Gasteiger partial charge in [-0.05, 0) is 79.6 Å². The minimum absolute atomic E-state index is 0.230. The predicted octanol–water partition coefficient (Wildman–Crippen LogP) is 6.34. The second-order valence-corrected chi connectivity index (χ2v) is 6.97. The zero-order chi connectivity index (χ0) is 21.6. The molecule has 5 nitrogen and oxygen atoms in total. The van der Waals surface area contributed by atoms with Crippen LogP contribution in [0, 0.1) is 19.9 Å². The average molecular weight is 409 g/mol. The smallest absolute Gasteiger partial charge is 0.255 e. The van der Waals surface area contributed by atoms with E-state index in [-0.39, 0.29) is 5.91 Å². The summed E-state index contributed by atoms with van der Waals surface area (Å²) in [7, 11) is 0. The van der Waals surface area contributed by atoms with E-state index < -0.39 is 0 Å². The van der Waals surface area contributed by atoms with Crippen molar-refractivity contribution in [3.8, 4) is 23.1 Å². The van der Waals surface area contributed by atoms with Gasteiger partial charge in [-0.25, -0.2) is 4.98 Å². The number of anilines is 1. The van der Waals surface area contributed by atoms with Gasteiger partial charge < -0.3 is 14.8 Å². The minimum atomic E-state index is -0.230. The van der Waals surface area contributed by atoms with Crippen molar-refractivity contribution < 1.29 is 14.3 Å². The normalized spacial score (nSPS) is 10.4. The molecular weight excluding hydrogens is 388 g/mol. The van der Waals surface area contributed by atoms with Crippen LogP contribution in [0.3, 0.4) is 0 Å². The van der Waals surface area contributed by atoms with Crippen LogP contribution in [0.15, 0.2) is 85.1 Å². The van der Waals surface area contributed by atoms with E-state index in [1.165, 1.54) is 0 Å². The summed E-state index contributed by atoms with van der Waals surface area (Å²) in [6.45, 7) is 3.96. The van der Waals surface area contributed by atoms with E-state index >= 15 is 0 Å². The molecule has 0 spiro atoms. The zero-order valence-electron chi connectivity index (χ0n) is 17.3. The third-order valence-corrected chi connectivity index (χ3v) is 4.77. The lowest BCUT2D eigenvalue weighted by Gasteiger charge is -2.10. The molecule has 1 aromatic heterocycles. The Hall–Kier alpha value is -4.12. The van der Waals surface area contributed by atoms with E-state index in [0.29, 0.717) is 22.9 Å². The fraction of sp³-hybridized carbons (Fsp3) is 0.0769. The average Bonchev–Trinajstić information content (AvgIpc) is 2.79. The second kappa shape index (κ2) is 9.13. The number of amides is 1. The van der Waals surface area contributed by atoms with E-state index in [0.717, 1.165) is 22.6 Å². The third-order valence-electron chi connectivity index (χ3n) is 4.77. The molecule has 0 aliphatic carbocycles. The van der Waals surface area contributed by atoms with Crippen molar-refractivity contribution >= 4 is 11.6 Å². The van der Waals surface area contributed by atoms with Gasteiger partial charge in [0.25, 0.3) is 5.91 Å². The van der Waals surface area contributed by atoms with Gasteiger partial charge in [-0.2, -0.15) is 0 Å². The molecule has 31 heavy (non-hydrogen) atoms. The van der Waals surface area contributed by atoms with Gasteiger partial charge in [0.1, 0.15) is 17.2 Å². The summed E-state index contributed by atoms with van der Waals surface area (Å²) in [4.78, 5) is 16.8. The van der Waals surface area contributed by atoms with Crippen LogP contribution >= 0.6 is 0 Å². The monoisotopic (exact) mass is 409 g/mol. The van der Waals surface area contributed by atoms with Crippen LogP contribution in [0.25, 0.3) is 0 Å². The number of nitrogens with zero attached hydrogens (tertiary/aromatic N) is 1. The zero-order valence-corrected chi connectivity index (χ0v) is 17.3. The van der Waals surface area contributed by atoms with E-state index in [1.54, 1.807) is 42.6 Å². The number of para-hydroxylation sites is 1. The first-order chi connectivity index (χ1) is 15.1. The highest BCUT2D eigenvalue weighted by Crippen LogP contribution is 2.26. The standard InChI is InChI=1S/C26H21N2O3/c1-18-7-6-10-24(19(18)2)31-25-16-13-21(17-27-25)28-26(29)20-11-14-23(15-12-20)30-22-8-4-3-5-9-22/h3-6,8-17H,1-2H3,(H,28,29). The second-order valence-electron chi connectivity index (χ2n) is 6.97. The van der Waals surface area contributed by atoms with Crippen molar-refractivity contribution in [2.24, 2.45) is 0 Å². The lowest BCUT2D eigenvalue weighted by atomic mass is 10.1. The fourth-order valence-corrected chi connectivity index (χ4v) is 2.90. The van der Waals surface area contributed by atoms with Crippen molar-refractivity contribution in [1.82, 2.24) is 4.98 Å². The Kier molecular flexibility index (Phi) is 5.94. The maximum absolute atomic E-state index is 12.5. The Bertz CT molecular complexity index is 1170. The van der Waals surface area contributed by atoms with Crippen LogP contribution in [0.1, 0.15) is 21.5 Å². The van der Waals surface area contributed by atoms with Crippen LogP contribution in [0.5, 0.6) is 23.1 Å². The summed E-state index contributed by atoms with van der Waals surface area (Å²) in [5.74, 6) is 2.36. The van der Waals surface area contributed by atoms with E-state index in [2.05, 4.69) is 16.4 Å². The largest absolute Gasteiger partial charge is 0.457 e. The molecule has 1 N–H and O–H groups in total. The van der Waals surface area contributed by atoms with Crippen LogP contribution in [0.4, 0.5) is 5.69 Å². The van der Waals surface area contributed by atoms with Crippen LogP contribution in [-0.2, 0) is 0 Å². The Morgan fingerprint density at radius 3 is 2.32 bits per heavy atom. The topological polar surface area (TPSA) is 60.5 Å². The molecule has 1 amide bonds. The summed E-state index contributed by atoms with van der Waals surface area (Å²) in [6, 6.07) is 26.7. The molecule has 3 aromatic carbocycles. The van der Waals surface area contributed by atoms with E-state index in [1.807, 2.05) is 56.3 Å². The first-order valence-electron chi connectivity index (χ1n) is 9.84. The van der Waals surface area contributed by atoms with Gasteiger partial charge in [0.2, 0.25) is 5.88 Å². The lowest BCUT2D eigenvalue weighted by Crippen LogP contribution is -2.11. The number of nitrogens with one attached hydrogen (secondary N) is 1. The molecule has 4 aromatic rings. The highest BCUT2D eigenvalue weighted by molar-refractivity contribution is 6.04. The first-order valence-corrected chi connectivity index (χ1v) is 9.84. The fourth-order valence-electron chi connectivity index (χ4n) is 2.90. The van der Waals surface area contributed by atoms with Gasteiger partial charge in [0.05, 0.1) is 11.9 Å². The van der Waals surface area contributed by atoms with Crippen LogP contribution in [-0.4, -0.2) is 10.9 Å². The maximum Gasteiger partial charge on any atom is 0.255 e. The van der Waals surface area contributed by atoms with E-state index in [4.69, 9.17) is 9.47 Å². The SMILES string of the molecule is Cc1[c]ccc(Oc2ccc(NC(=O)c3ccc(Oc4ccccc4)cc3)cn2)c1C. The molecule has 0 fully saturated rings. The number of carbonyl (C=O) groups is 1. The molecule has 0 saturated heterocycles. The van der Waals surface area contributed by atoms with Crippen molar-refractivity contribution in [2.75, 3.05) is 5.32 Å². The highest BCUT2D eigenvalue weighted by atomic mass is 16.5. The molecule has 1 radical (unpaired) electrons. The molecule has 5 heteroatoms. The highest BCUT2D eigenvalue weighted by Gasteiger charge is 2.09. The van der Waals surface area contributed by atoms with Crippen LogP contribution in [0.2, 0.25) is 0 Å². The molecule has 1 heterocycles. The van der Waals surface area contributed by atoms with Crippen LogP contribution < -0.4 is 14.8 Å². The molecule has 0 saturated carbocycles. The number of aryl methyl sites for hydroxylation is 1. The molecule has 0 aliphatic rings. The number of rotatable bonds is 6. The molecule has 0 unspecified atom stereocenters. The first kappa shape index (κ1) is 20.2. The molecule has 153 valence electrons. The van der Waals surface area contributed by atoms with Gasteiger partial charge in [0, 0.05) is 11.6 Å². The summed E-state index contributed by atoms with van der Waals surface area (Å²) >= 11 is 0.